The summed E-state index contributed by atoms with van der Waals surface area (Å²) < 4.78 is 37.2. The molecule has 20 heavy (non-hydrogen) atoms. The lowest BCUT2D eigenvalue weighted by atomic mass is 10.2. The van der Waals surface area contributed by atoms with Crippen LogP contribution in [0.4, 0.5) is 13.2 Å². The lowest BCUT2D eigenvalue weighted by Gasteiger charge is -2.21. The Labute approximate surface area is 122 Å². The van der Waals surface area contributed by atoms with Crippen molar-refractivity contribution in [3.05, 3.63) is 0 Å². The van der Waals surface area contributed by atoms with E-state index in [0.29, 0.717) is 19.4 Å². The molecule has 2 heterocycles. The first-order chi connectivity index (χ1) is 8.98. The highest BCUT2D eigenvalue weighted by atomic mass is 35.5. The highest BCUT2D eigenvalue weighted by molar-refractivity contribution is 5.85. The van der Waals surface area contributed by atoms with Crippen molar-refractivity contribution in [1.82, 2.24) is 9.80 Å². The SMILES string of the molecule is Cl.O=C(N1CCC[C@H]1C#CCN1CCCC1)C(F)(F)F. The topological polar surface area (TPSA) is 23.6 Å². The van der Waals surface area contributed by atoms with Crippen molar-refractivity contribution < 1.29 is 18.0 Å². The number of likely N-dealkylation sites (tertiary alicyclic amines) is 2. The molecule has 0 bridgehead atoms. The highest BCUT2D eigenvalue weighted by Crippen LogP contribution is 2.25. The molecule has 2 fully saturated rings. The molecule has 2 aliphatic heterocycles. The third-order valence-electron chi connectivity index (χ3n) is 3.53. The lowest BCUT2D eigenvalue weighted by Crippen LogP contribution is -2.43. The van der Waals surface area contributed by atoms with Gasteiger partial charge in [-0.05, 0) is 38.8 Å². The van der Waals surface area contributed by atoms with Crippen molar-refractivity contribution in [3.8, 4) is 11.8 Å². The maximum Gasteiger partial charge on any atom is 0.471 e. The molecular weight excluding hydrogens is 293 g/mol. The molecule has 0 aromatic carbocycles. The van der Waals surface area contributed by atoms with Gasteiger partial charge in [-0.25, -0.2) is 0 Å². The van der Waals surface area contributed by atoms with E-state index in [1.807, 2.05) is 0 Å². The average Bonchev–Trinajstić information content (AvgIpc) is 2.97. The Hall–Kier alpha value is -0.930. The van der Waals surface area contributed by atoms with Gasteiger partial charge in [0.2, 0.25) is 0 Å². The Kier molecular flexibility index (Phi) is 6.15. The molecule has 0 N–H and O–H groups in total. The molecule has 3 nitrogen and oxygen atoms in total. The first-order valence-electron chi connectivity index (χ1n) is 6.57. The van der Waals surface area contributed by atoms with Gasteiger partial charge < -0.3 is 4.90 Å². The van der Waals surface area contributed by atoms with Gasteiger partial charge in [0.1, 0.15) is 0 Å². The van der Waals surface area contributed by atoms with E-state index < -0.39 is 18.1 Å². The number of carbonyl (C=O) groups is 1. The summed E-state index contributed by atoms with van der Waals surface area (Å²) in [5.41, 5.74) is 0. The van der Waals surface area contributed by atoms with E-state index in [2.05, 4.69) is 16.7 Å². The van der Waals surface area contributed by atoms with E-state index in [-0.39, 0.29) is 19.0 Å². The minimum atomic E-state index is -4.79. The lowest BCUT2D eigenvalue weighted by molar-refractivity contribution is -0.185. The van der Waals surface area contributed by atoms with E-state index in [0.717, 1.165) is 30.8 Å². The summed E-state index contributed by atoms with van der Waals surface area (Å²) in [4.78, 5) is 14.3. The Morgan fingerprint density at radius 2 is 1.80 bits per heavy atom. The first kappa shape index (κ1) is 17.1. The smallest absolute Gasteiger partial charge is 0.321 e. The second-order valence-corrected chi connectivity index (χ2v) is 4.96. The van der Waals surface area contributed by atoms with Crippen LogP contribution in [-0.2, 0) is 4.79 Å². The number of nitrogens with zero attached hydrogens (tertiary/aromatic N) is 2. The van der Waals surface area contributed by atoms with E-state index >= 15 is 0 Å². The van der Waals surface area contributed by atoms with Crippen LogP contribution in [0.5, 0.6) is 0 Å². The normalized spacial score (nSPS) is 23.1. The van der Waals surface area contributed by atoms with Crippen molar-refractivity contribution in [2.45, 2.75) is 37.9 Å². The van der Waals surface area contributed by atoms with E-state index in [1.54, 1.807) is 0 Å². The summed E-state index contributed by atoms with van der Waals surface area (Å²) in [7, 11) is 0. The van der Waals surface area contributed by atoms with Crippen LogP contribution in [0.2, 0.25) is 0 Å². The number of halogens is 4. The van der Waals surface area contributed by atoms with Crippen LogP contribution >= 0.6 is 12.4 Å². The summed E-state index contributed by atoms with van der Waals surface area (Å²) in [6, 6.07) is -0.572. The zero-order valence-electron chi connectivity index (χ0n) is 11.1. The zero-order valence-corrected chi connectivity index (χ0v) is 11.9. The predicted molar refractivity (Wildman–Crippen MR) is 71.5 cm³/mol. The van der Waals surface area contributed by atoms with Crippen molar-refractivity contribution >= 4 is 18.3 Å². The van der Waals surface area contributed by atoms with Crippen molar-refractivity contribution in [1.29, 1.82) is 0 Å². The van der Waals surface area contributed by atoms with Crippen LogP contribution in [0.1, 0.15) is 25.7 Å². The largest absolute Gasteiger partial charge is 0.471 e. The van der Waals surface area contributed by atoms with Crippen LogP contribution < -0.4 is 0 Å². The molecule has 0 aliphatic carbocycles. The average molecular weight is 311 g/mol. The second-order valence-electron chi connectivity index (χ2n) is 4.96. The van der Waals surface area contributed by atoms with Crippen LogP contribution in [-0.4, -0.2) is 54.1 Å². The minimum absolute atomic E-state index is 0. The zero-order chi connectivity index (χ0) is 13.9. The monoisotopic (exact) mass is 310 g/mol. The standard InChI is InChI=1S/C13H17F3N2O.ClH/c14-13(15,16)12(19)18-10-4-6-11(18)5-3-9-17-7-1-2-8-17;/h11H,1-2,4,6-10H2;1H/t11-;/m1./s1. The van der Waals surface area contributed by atoms with Crippen LogP contribution in [0, 0.1) is 11.8 Å². The fourth-order valence-corrected chi connectivity index (χ4v) is 2.54. The van der Waals surface area contributed by atoms with Gasteiger partial charge in [-0.15, -0.1) is 12.4 Å². The Balaban J connectivity index is 0.00000200. The summed E-state index contributed by atoms with van der Waals surface area (Å²) >= 11 is 0. The maximum atomic E-state index is 12.4. The number of hydrogen-bond acceptors (Lipinski definition) is 2. The molecule has 0 saturated carbocycles. The molecular formula is C13H18ClF3N2O. The summed E-state index contributed by atoms with van der Waals surface area (Å²) in [5, 5.41) is 0. The van der Waals surface area contributed by atoms with Gasteiger partial charge in [0.15, 0.2) is 0 Å². The summed E-state index contributed by atoms with van der Waals surface area (Å²) in [6.45, 7) is 2.75. The van der Waals surface area contributed by atoms with Gasteiger partial charge in [0, 0.05) is 6.54 Å². The third kappa shape index (κ3) is 4.29. The second kappa shape index (κ2) is 7.19. The Bertz CT molecular complexity index is 397. The summed E-state index contributed by atoms with van der Waals surface area (Å²) in [5.74, 6) is 3.99. The molecule has 0 aromatic rings. The quantitative estimate of drug-likeness (QED) is 0.692. The third-order valence-corrected chi connectivity index (χ3v) is 3.53. The number of alkyl halides is 3. The molecule has 2 rings (SSSR count). The van der Waals surface area contributed by atoms with Crippen molar-refractivity contribution in [3.63, 3.8) is 0 Å². The van der Waals surface area contributed by atoms with Crippen molar-refractivity contribution in [2.24, 2.45) is 0 Å². The Morgan fingerprint density at radius 1 is 1.15 bits per heavy atom. The van der Waals surface area contributed by atoms with E-state index in [4.69, 9.17) is 0 Å². The van der Waals surface area contributed by atoms with Crippen LogP contribution in [0.25, 0.3) is 0 Å². The van der Waals surface area contributed by atoms with E-state index in [9.17, 15) is 18.0 Å². The molecule has 2 saturated heterocycles. The van der Waals surface area contributed by atoms with Crippen LogP contribution in [0.15, 0.2) is 0 Å². The molecule has 0 spiro atoms. The summed E-state index contributed by atoms with van der Waals surface area (Å²) in [6.07, 6.45) is -1.35. The highest BCUT2D eigenvalue weighted by Gasteiger charge is 2.45. The molecule has 0 unspecified atom stereocenters. The number of rotatable bonds is 1. The molecule has 0 aromatic heterocycles. The number of carbonyl (C=O) groups excluding carboxylic acids is 1. The fraction of sp³-hybridized carbons (Fsp3) is 0.769. The molecule has 1 amide bonds. The van der Waals surface area contributed by atoms with Crippen molar-refractivity contribution in [2.75, 3.05) is 26.2 Å². The predicted octanol–water partition coefficient (Wildman–Crippen LogP) is 2.06. The Morgan fingerprint density at radius 3 is 2.40 bits per heavy atom. The van der Waals surface area contributed by atoms with Gasteiger partial charge in [0.05, 0.1) is 12.6 Å². The van der Waals surface area contributed by atoms with Gasteiger partial charge in [-0.3, -0.25) is 9.69 Å². The van der Waals surface area contributed by atoms with Gasteiger partial charge >= 0.3 is 12.1 Å². The van der Waals surface area contributed by atoms with Gasteiger partial charge in [0.25, 0.3) is 0 Å². The van der Waals surface area contributed by atoms with E-state index in [1.165, 1.54) is 0 Å². The van der Waals surface area contributed by atoms with Gasteiger partial charge in [-0.1, -0.05) is 11.8 Å². The molecule has 1 atom stereocenters. The molecule has 0 radical (unpaired) electrons. The molecule has 2 aliphatic rings. The number of amides is 1. The maximum absolute atomic E-state index is 12.4. The molecule has 114 valence electrons. The van der Waals surface area contributed by atoms with Gasteiger partial charge in [-0.2, -0.15) is 13.2 Å². The molecule has 7 heteroatoms. The number of hydrogen-bond donors (Lipinski definition) is 0. The van der Waals surface area contributed by atoms with Crippen LogP contribution in [0.3, 0.4) is 0 Å². The minimum Gasteiger partial charge on any atom is -0.321 e. The fourth-order valence-electron chi connectivity index (χ4n) is 2.54. The first-order valence-corrected chi connectivity index (χ1v) is 6.57.